The molecule has 2 unspecified atom stereocenters. The zero-order valence-electron chi connectivity index (χ0n) is 7.50. The number of primary amides is 1. The molecule has 1 aliphatic heterocycles. The van der Waals surface area contributed by atoms with Gasteiger partial charge >= 0.3 is 0 Å². The van der Waals surface area contributed by atoms with E-state index in [2.05, 4.69) is 0 Å². The Balaban J connectivity index is 2.53. The first kappa shape index (κ1) is 10.3. The summed E-state index contributed by atoms with van der Waals surface area (Å²) in [6.45, 7) is 2.36. The summed E-state index contributed by atoms with van der Waals surface area (Å²) in [7, 11) is 0. The van der Waals surface area contributed by atoms with Crippen molar-refractivity contribution in [1.29, 1.82) is 0 Å². The standard InChI is InChI=1S/C8H13ClN2O2/c1-5(4-9)8(13)11-3-2-6(11)7(10)12/h5-6H,2-4H2,1H3,(H2,10,12). The molecule has 0 spiro atoms. The molecule has 0 radical (unpaired) electrons. The van der Waals surface area contributed by atoms with Crippen LogP contribution >= 0.6 is 11.6 Å². The van der Waals surface area contributed by atoms with Crippen LogP contribution in [0, 0.1) is 5.92 Å². The predicted molar refractivity (Wildman–Crippen MR) is 49.2 cm³/mol. The fraction of sp³-hybridized carbons (Fsp3) is 0.750. The second kappa shape index (κ2) is 3.96. The van der Waals surface area contributed by atoms with Crippen molar-refractivity contribution in [3.8, 4) is 0 Å². The minimum Gasteiger partial charge on any atom is -0.368 e. The number of nitrogens with zero attached hydrogens (tertiary/aromatic N) is 1. The average Bonchev–Trinajstić information content (AvgIpc) is 1.99. The van der Waals surface area contributed by atoms with Crippen LogP contribution in [0.3, 0.4) is 0 Å². The van der Waals surface area contributed by atoms with Crippen LogP contribution in [-0.2, 0) is 9.59 Å². The van der Waals surface area contributed by atoms with E-state index in [0.29, 0.717) is 13.0 Å². The number of likely N-dealkylation sites (tertiary alicyclic amines) is 1. The summed E-state index contributed by atoms with van der Waals surface area (Å²) < 4.78 is 0. The number of alkyl halides is 1. The third kappa shape index (κ3) is 1.94. The summed E-state index contributed by atoms with van der Waals surface area (Å²) in [5, 5.41) is 0. The molecular weight excluding hydrogens is 192 g/mol. The monoisotopic (exact) mass is 204 g/mol. The van der Waals surface area contributed by atoms with Crippen molar-refractivity contribution in [2.24, 2.45) is 11.7 Å². The summed E-state index contributed by atoms with van der Waals surface area (Å²) in [5.41, 5.74) is 5.10. The maximum absolute atomic E-state index is 11.5. The molecule has 4 nitrogen and oxygen atoms in total. The molecule has 0 bridgehead atoms. The van der Waals surface area contributed by atoms with Crippen LogP contribution in [0.1, 0.15) is 13.3 Å². The number of carbonyl (C=O) groups is 2. The van der Waals surface area contributed by atoms with Gasteiger partial charge in [0.25, 0.3) is 0 Å². The van der Waals surface area contributed by atoms with E-state index < -0.39 is 11.9 Å². The molecule has 1 fully saturated rings. The van der Waals surface area contributed by atoms with Crippen molar-refractivity contribution in [2.45, 2.75) is 19.4 Å². The van der Waals surface area contributed by atoms with Gasteiger partial charge in [0.15, 0.2) is 0 Å². The summed E-state index contributed by atoms with van der Waals surface area (Å²) in [6, 6.07) is -0.404. The quantitative estimate of drug-likeness (QED) is 0.655. The Labute approximate surface area is 82.0 Å². The molecule has 5 heteroatoms. The van der Waals surface area contributed by atoms with Gasteiger partial charge in [-0.1, -0.05) is 6.92 Å². The highest BCUT2D eigenvalue weighted by molar-refractivity contribution is 6.19. The zero-order valence-corrected chi connectivity index (χ0v) is 8.25. The van der Waals surface area contributed by atoms with Gasteiger partial charge in [-0.05, 0) is 6.42 Å². The fourth-order valence-corrected chi connectivity index (χ4v) is 1.43. The molecular formula is C8H13ClN2O2. The Morgan fingerprint density at radius 3 is 2.62 bits per heavy atom. The van der Waals surface area contributed by atoms with Gasteiger partial charge in [-0.25, -0.2) is 0 Å². The van der Waals surface area contributed by atoms with Crippen molar-refractivity contribution >= 4 is 23.4 Å². The number of halogens is 1. The average molecular weight is 205 g/mol. The van der Waals surface area contributed by atoms with Crippen molar-refractivity contribution in [2.75, 3.05) is 12.4 Å². The van der Waals surface area contributed by atoms with Gasteiger partial charge in [-0.3, -0.25) is 9.59 Å². The highest BCUT2D eigenvalue weighted by atomic mass is 35.5. The van der Waals surface area contributed by atoms with E-state index >= 15 is 0 Å². The van der Waals surface area contributed by atoms with Gasteiger partial charge in [0, 0.05) is 18.3 Å². The van der Waals surface area contributed by atoms with Crippen LogP contribution in [0.2, 0.25) is 0 Å². The lowest BCUT2D eigenvalue weighted by molar-refractivity contribution is -0.148. The molecule has 2 atom stereocenters. The van der Waals surface area contributed by atoms with Gasteiger partial charge in [-0.15, -0.1) is 11.6 Å². The summed E-state index contributed by atoms with van der Waals surface area (Å²) in [4.78, 5) is 23.8. The second-order valence-corrected chi connectivity index (χ2v) is 3.60. The molecule has 0 aromatic heterocycles. The van der Waals surface area contributed by atoms with E-state index in [1.54, 1.807) is 6.92 Å². The number of nitrogens with two attached hydrogens (primary N) is 1. The smallest absolute Gasteiger partial charge is 0.240 e. The van der Waals surface area contributed by atoms with E-state index in [9.17, 15) is 9.59 Å². The Kier molecular flexibility index (Phi) is 3.14. The molecule has 1 heterocycles. The summed E-state index contributed by atoms with van der Waals surface area (Å²) in [6.07, 6.45) is 0.677. The van der Waals surface area contributed by atoms with E-state index in [4.69, 9.17) is 17.3 Å². The molecule has 0 aromatic rings. The van der Waals surface area contributed by atoms with E-state index in [1.165, 1.54) is 4.90 Å². The van der Waals surface area contributed by atoms with E-state index in [0.717, 1.165) is 0 Å². The SMILES string of the molecule is CC(CCl)C(=O)N1CCC1C(N)=O. The highest BCUT2D eigenvalue weighted by Crippen LogP contribution is 2.20. The number of hydrogen-bond donors (Lipinski definition) is 1. The molecule has 13 heavy (non-hydrogen) atoms. The van der Waals surface area contributed by atoms with Crippen LogP contribution in [0.4, 0.5) is 0 Å². The lowest BCUT2D eigenvalue weighted by Gasteiger charge is -2.40. The maximum Gasteiger partial charge on any atom is 0.240 e. The van der Waals surface area contributed by atoms with Crippen molar-refractivity contribution < 1.29 is 9.59 Å². The van der Waals surface area contributed by atoms with Gasteiger partial charge in [0.05, 0.1) is 0 Å². The zero-order chi connectivity index (χ0) is 10.0. The van der Waals surface area contributed by atoms with Crippen LogP contribution in [0.15, 0.2) is 0 Å². The van der Waals surface area contributed by atoms with Crippen molar-refractivity contribution in [1.82, 2.24) is 4.90 Å². The van der Waals surface area contributed by atoms with Gasteiger partial charge in [0.1, 0.15) is 6.04 Å². The fourth-order valence-electron chi connectivity index (χ4n) is 1.30. The highest BCUT2D eigenvalue weighted by Gasteiger charge is 2.37. The first-order valence-electron chi connectivity index (χ1n) is 4.23. The van der Waals surface area contributed by atoms with Crippen molar-refractivity contribution in [3.63, 3.8) is 0 Å². The Morgan fingerprint density at radius 2 is 2.31 bits per heavy atom. The number of carbonyl (C=O) groups excluding carboxylic acids is 2. The van der Waals surface area contributed by atoms with Crippen LogP contribution in [0.5, 0.6) is 0 Å². The number of amides is 2. The molecule has 1 rings (SSSR count). The number of rotatable bonds is 3. The van der Waals surface area contributed by atoms with E-state index in [1.807, 2.05) is 0 Å². The molecule has 1 saturated heterocycles. The molecule has 1 aliphatic rings. The summed E-state index contributed by atoms with van der Waals surface area (Å²) >= 11 is 5.54. The van der Waals surface area contributed by atoms with Gasteiger partial charge in [-0.2, -0.15) is 0 Å². The third-order valence-electron chi connectivity index (χ3n) is 2.28. The largest absolute Gasteiger partial charge is 0.368 e. The van der Waals surface area contributed by atoms with Crippen LogP contribution < -0.4 is 5.73 Å². The van der Waals surface area contributed by atoms with Crippen molar-refractivity contribution in [3.05, 3.63) is 0 Å². The molecule has 2 amide bonds. The Bertz CT molecular complexity index is 232. The second-order valence-electron chi connectivity index (χ2n) is 3.29. The maximum atomic E-state index is 11.5. The Morgan fingerprint density at radius 1 is 1.69 bits per heavy atom. The molecule has 0 aliphatic carbocycles. The topological polar surface area (TPSA) is 63.4 Å². The Hall–Kier alpha value is -0.770. The molecule has 74 valence electrons. The minimum absolute atomic E-state index is 0.0787. The predicted octanol–water partition coefficient (Wildman–Crippen LogP) is -0.0525. The van der Waals surface area contributed by atoms with Crippen LogP contribution in [0.25, 0.3) is 0 Å². The number of hydrogen-bond acceptors (Lipinski definition) is 2. The normalized spacial score (nSPS) is 23.5. The van der Waals surface area contributed by atoms with Crippen LogP contribution in [-0.4, -0.2) is 35.2 Å². The molecule has 0 aromatic carbocycles. The minimum atomic E-state index is -0.429. The molecule has 2 N–H and O–H groups in total. The van der Waals surface area contributed by atoms with Gasteiger partial charge < -0.3 is 10.6 Å². The lowest BCUT2D eigenvalue weighted by Crippen LogP contribution is -2.58. The summed E-state index contributed by atoms with van der Waals surface area (Å²) in [5.74, 6) is -0.462. The van der Waals surface area contributed by atoms with E-state index in [-0.39, 0.29) is 17.7 Å². The van der Waals surface area contributed by atoms with Gasteiger partial charge in [0.2, 0.25) is 11.8 Å². The lowest BCUT2D eigenvalue weighted by atomic mass is 10.00. The third-order valence-corrected chi connectivity index (χ3v) is 2.75. The molecule has 0 saturated carbocycles. The first-order chi connectivity index (χ1) is 6.07. The first-order valence-corrected chi connectivity index (χ1v) is 4.77.